The molecule has 1 aliphatic heterocycles. The summed E-state index contributed by atoms with van der Waals surface area (Å²) in [6.45, 7) is 8.97. The zero-order valence-electron chi connectivity index (χ0n) is 11.7. The van der Waals surface area contributed by atoms with E-state index in [-0.39, 0.29) is 11.9 Å². The van der Waals surface area contributed by atoms with Crippen LogP contribution in [0, 0.1) is 0 Å². The van der Waals surface area contributed by atoms with E-state index in [0.29, 0.717) is 6.04 Å². The van der Waals surface area contributed by atoms with Crippen LogP contribution in [0.3, 0.4) is 0 Å². The highest BCUT2D eigenvalue weighted by molar-refractivity contribution is 5.84. The van der Waals surface area contributed by atoms with Crippen molar-refractivity contribution in [3.05, 3.63) is 0 Å². The second-order valence-electron chi connectivity index (χ2n) is 4.90. The lowest BCUT2D eigenvalue weighted by Gasteiger charge is -2.40. The summed E-state index contributed by atoms with van der Waals surface area (Å²) in [6.07, 6.45) is 1.06. The van der Waals surface area contributed by atoms with Crippen LogP contribution in [0.1, 0.15) is 20.3 Å². The lowest BCUT2D eigenvalue weighted by atomic mass is 10.1. The van der Waals surface area contributed by atoms with Crippen LogP contribution < -0.4 is 5.73 Å². The highest BCUT2D eigenvalue weighted by Gasteiger charge is 2.25. The molecule has 18 heavy (non-hydrogen) atoms. The van der Waals surface area contributed by atoms with Crippen LogP contribution >= 0.6 is 0 Å². The minimum atomic E-state index is 0.00595. The Morgan fingerprint density at radius 1 is 1.28 bits per heavy atom. The molecule has 0 aromatic carbocycles. The maximum absolute atomic E-state index is 8.69. The molecular formula is C12H26N4O2. The fourth-order valence-electron chi connectivity index (χ4n) is 2.31. The first-order valence-electron chi connectivity index (χ1n) is 6.54. The molecule has 1 aliphatic rings. The highest BCUT2D eigenvalue weighted by atomic mass is 16.5. The van der Waals surface area contributed by atoms with Crippen LogP contribution in [0.4, 0.5) is 0 Å². The number of oxime groups is 1. The third-order valence-corrected chi connectivity index (χ3v) is 3.80. The summed E-state index contributed by atoms with van der Waals surface area (Å²) in [5.41, 5.74) is 5.64. The van der Waals surface area contributed by atoms with Gasteiger partial charge in [-0.1, -0.05) is 5.16 Å². The lowest BCUT2D eigenvalue weighted by molar-refractivity contribution is 0.0763. The van der Waals surface area contributed by atoms with Crippen LogP contribution in [0.5, 0.6) is 0 Å². The smallest absolute Gasteiger partial charge is 0.156 e. The number of amidine groups is 1. The summed E-state index contributed by atoms with van der Waals surface area (Å²) >= 11 is 0. The van der Waals surface area contributed by atoms with E-state index in [9.17, 15) is 0 Å². The maximum Gasteiger partial charge on any atom is 0.156 e. The molecule has 1 rings (SSSR count). The number of ether oxygens (including phenoxy) is 1. The molecule has 3 N–H and O–H groups in total. The first kappa shape index (κ1) is 15.2. The van der Waals surface area contributed by atoms with Crippen molar-refractivity contribution in [1.82, 2.24) is 9.80 Å². The van der Waals surface area contributed by atoms with Crippen LogP contribution in [0.25, 0.3) is 0 Å². The van der Waals surface area contributed by atoms with Gasteiger partial charge in [-0.25, -0.2) is 0 Å². The Bertz CT molecular complexity index is 265. The van der Waals surface area contributed by atoms with Gasteiger partial charge in [0.2, 0.25) is 0 Å². The Morgan fingerprint density at radius 3 is 2.33 bits per heavy atom. The first-order valence-corrected chi connectivity index (χ1v) is 6.54. The first-order chi connectivity index (χ1) is 8.60. The Morgan fingerprint density at radius 2 is 1.83 bits per heavy atom. The molecule has 0 bridgehead atoms. The lowest BCUT2D eigenvalue weighted by Crippen LogP contribution is -2.54. The number of nitrogens with two attached hydrogens (primary N) is 1. The molecular weight excluding hydrogens is 232 g/mol. The summed E-state index contributed by atoms with van der Waals surface area (Å²) in [7, 11) is 1.74. The summed E-state index contributed by atoms with van der Waals surface area (Å²) in [4.78, 5) is 4.71. The predicted molar refractivity (Wildman–Crippen MR) is 72.0 cm³/mol. The highest BCUT2D eigenvalue weighted by Crippen LogP contribution is 2.11. The molecule has 0 saturated carbocycles. The van der Waals surface area contributed by atoms with E-state index in [0.717, 1.165) is 39.2 Å². The van der Waals surface area contributed by atoms with Gasteiger partial charge < -0.3 is 15.7 Å². The molecule has 1 fully saturated rings. The van der Waals surface area contributed by atoms with Crippen molar-refractivity contribution in [2.24, 2.45) is 10.9 Å². The Kier molecular flexibility index (Phi) is 6.38. The van der Waals surface area contributed by atoms with Crippen molar-refractivity contribution in [3.8, 4) is 0 Å². The van der Waals surface area contributed by atoms with Crippen LogP contribution in [-0.4, -0.2) is 72.8 Å². The zero-order valence-corrected chi connectivity index (χ0v) is 11.7. The van der Waals surface area contributed by atoms with Gasteiger partial charge in [0, 0.05) is 45.9 Å². The molecule has 0 amide bonds. The zero-order chi connectivity index (χ0) is 13.5. The average molecular weight is 258 g/mol. The molecule has 0 radical (unpaired) electrons. The fourth-order valence-corrected chi connectivity index (χ4v) is 2.31. The molecule has 1 saturated heterocycles. The Balaban J connectivity index is 2.36. The molecule has 0 aromatic rings. The topological polar surface area (TPSA) is 74.3 Å². The molecule has 6 nitrogen and oxygen atoms in total. The number of hydrogen-bond donors (Lipinski definition) is 2. The van der Waals surface area contributed by atoms with Crippen molar-refractivity contribution in [1.29, 1.82) is 0 Å². The second kappa shape index (κ2) is 7.56. The molecule has 2 unspecified atom stereocenters. The average Bonchev–Trinajstić information content (AvgIpc) is 2.43. The molecule has 1 heterocycles. The quantitative estimate of drug-likeness (QED) is 0.307. The normalized spacial score (nSPS) is 22.9. The molecule has 0 aromatic heterocycles. The van der Waals surface area contributed by atoms with E-state index in [1.165, 1.54) is 0 Å². The number of nitrogens with zero attached hydrogens (tertiary/aromatic N) is 3. The minimum absolute atomic E-state index is 0.00595. The largest absolute Gasteiger partial charge is 0.409 e. The SMILES string of the molecule is COCCC(C)N1CCN(C(C)C(N)=NO)CC1. The molecule has 0 aliphatic carbocycles. The number of rotatable bonds is 6. The number of hydrogen-bond acceptors (Lipinski definition) is 5. The second-order valence-corrected chi connectivity index (χ2v) is 4.90. The van der Waals surface area contributed by atoms with Gasteiger partial charge in [-0.3, -0.25) is 9.80 Å². The van der Waals surface area contributed by atoms with E-state index >= 15 is 0 Å². The van der Waals surface area contributed by atoms with Gasteiger partial charge in [-0.2, -0.15) is 0 Å². The molecule has 6 heteroatoms. The fraction of sp³-hybridized carbons (Fsp3) is 0.917. The number of piperazine rings is 1. The van der Waals surface area contributed by atoms with Crippen molar-refractivity contribution in [2.45, 2.75) is 32.4 Å². The van der Waals surface area contributed by atoms with Gasteiger partial charge in [0.25, 0.3) is 0 Å². The monoisotopic (exact) mass is 258 g/mol. The van der Waals surface area contributed by atoms with E-state index in [2.05, 4.69) is 21.9 Å². The Hall–Kier alpha value is -0.850. The van der Waals surface area contributed by atoms with Gasteiger partial charge in [-0.15, -0.1) is 0 Å². The van der Waals surface area contributed by atoms with Crippen molar-refractivity contribution >= 4 is 5.84 Å². The van der Waals surface area contributed by atoms with Gasteiger partial charge >= 0.3 is 0 Å². The maximum atomic E-state index is 8.69. The summed E-state index contributed by atoms with van der Waals surface area (Å²) in [5.74, 6) is 0.288. The molecule has 0 spiro atoms. The van der Waals surface area contributed by atoms with Crippen molar-refractivity contribution in [2.75, 3.05) is 39.9 Å². The van der Waals surface area contributed by atoms with Gasteiger partial charge in [0.1, 0.15) is 0 Å². The van der Waals surface area contributed by atoms with Crippen molar-refractivity contribution in [3.63, 3.8) is 0 Å². The minimum Gasteiger partial charge on any atom is -0.409 e. The van der Waals surface area contributed by atoms with Crippen molar-refractivity contribution < 1.29 is 9.94 Å². The van der Waals surface area contributed by atoms with E-state index in [1.54, 1.807) is 7.11 Å². The van der Waals surface area contributed by atoms with Crippen LogP contribution in [-0.2, 0) is 4.74 Å². The van der Waals surface area contributed by atoms with E-state index in [4.69, 9.17) is 15.7 Å². The van der Waals surface area contributed by atoms with Gasteiger partial charge in [0.05, 0.1) is 6.04 Å². The predicted octanol–water partition coefficient (Wildman–Crippen LogP) is 0.164. The third-order valence-electron chi connectivity index (χ3n) is 3.80. The summed E-state index contributed by atoms with van der Waals surface area (Å²) in [6, 6.07) is 0.553. The Labute approximate surface area is 109 Å². The van der Waals surface area contributed by atoms with Crippen LogP contribution in [0.2, 0.25) is 0 Å². The van der Waals surface area contributed by atoms with E-state index in [1.807, 2.05) is 6.92 Å². The molecule has 106 valence electrons. The van der Waals surface area contributed by atoms with E-state index < -0.39 is 0 Å². The van der Waals surface area contributed by atoms with Gasteiger partial charge in [0.15, 0.2) is 5.84 Å². The van der Waals surface area contributed by atoms with Crippen LogP contribution in [0.15, 0.2) is 5.16 Å². The standard InChI is InChI=1S/C12H26N4O2/c1-10(4-9-18-3)15-5-7-16(8-6-15)11(2)12(13)14-17/h10-11,17H,4-9H2,1-3H3,(H2,13,14). The summed E-state index contributed by atoms with van der Waals surface area (Å²) < 4.78 is 5.11. The third kappa shape index (κ3) is 4.12. The number of methoxy groups -OCH3 is 1. The summed E-state index contributed by atoms with van der Waals surface area (Å²) in [5, 5.41) is 11.8. The van der Waals surface area contributed by atoms with Gasteiger partial charge in [-0.05, 0) is 20.3 Å². The molecule has 2 atom stereocenters.